The molecule has 0 spiro atoms. The van der Waals surface area contributed by atoms with Crippen LogP contribution in [0, 0.1) is 0 Å². The van der Waals surface area contributed by atoms with Crippen molar-refractivity contribution in [2.75, 3.05) is 13.1 Å². The number of benzene rings is 1. The van der Waals surface area contributed by atoms with Crippen molar-refractivity contribution in [1.82, 2.24) is 24.6 Å². The van der Waals surface area contributed by atoms with E-state index in [-0.39, 0.29) is 17.9 Å². The highest BCUT2D eigenvalue weighted by Crippen LogP contribution is 2.30. The van der Waals surface area contributed by atoms with Crippen molar-refractivity contribution >= 4 is 16.9 Å². The summed E-state index contributed by atoms with van der Waals surface area (Å²) in [5.41, 5.74) is 2.01. The minimum absolute atomic E-state index is 0.189. The van der Waals surface area contributed by atoms with Crippen molar-refractivity contribution in [3.63, 3.8) is 0 Å². The third kappa shape index (κ3) is 3.41. The van der Waals surface area contributed by atoms with Gasteiger partial charge in [0, 0.05) is 25.4 Å². The molecule has 1 unspecified atom stereocenters. The monoisotopic (exact) mass is 381 g/mol. The van der Waals surface area contributed by atoms with Gasteiger partial charge in [-0.15, -0.1) is 0 Å². The molecule has 1 amide bonds. The molecule has 0 aliphatic carbocycles. The van der Waals surface area contributed by atoms with Crippen LogP contribution in [0.15, 0.2) is 35.2 Å². The van der Waals surface area contributed by atoms with Gasteiger partial charge in [-0.3, -0.25) is 4.79 Å². The first-order valence-corrected chi connectivity index (χ1v) is 10.2. The van der Waals surface area contributed by atoms with E-state index in [0.717, 1.165) is 67.9 Å². The molecule has 0 bridgehead atoms. The summed E-state index contributed by atoms with van der Waals surface area (Å²) in [5.74, 6) is 2.22. The van der Waals surface area contributed by atoms with E-state index in [4.69, 9.17) is 9.51 Å². The predicted octanol–water partition coefficient (Wildman–Crippen LogP) is 3.73. The number of hydrogen-bond acceptors (Lipinski definition) is 5. The van der Waals surface area contributed by atoms with Crippen molar-refractivity contribution in [3.05, 3.63) is 42.3 Å². The van der Waals surface area contributed by atoms with Gasteiger partial charge in [-0.2, -0.15) is 4.98 Å². The van der Waals surface area contributed by atoms with Crippen LogP contribution in [0.1, 0.15) is 63.1 Å². The second kappa shape index (κ2) is 8.12. The smallest absolute Gasteiger partial charge is 0.245 e. The molecule has 1 aliphatic rings. The number of fused-ring (bicyclic) bond motifs is 1. The molecular formula is C21H27N5O2. The summed E-state index contributed by atoms with van der Waals surface area (Å²) in [5, 5.41) is 3.97. The molecule has 3 aromatic rings. The van der Waals surface area contributed by atoms with Crippen molar-refractivity contribution in [2.24, 2.45) is 0 Å². The molecule has 1 atom stereocenters. The number of aromatic nitrogens is 4. The molecular weight excluding hydrogens is 354 g/mol. The number of piperidine rings is 1. The molecule has 28 heavy (non-hydrogen) atoms. The normalized spacial score (nSPS) is 16.6. The Morgan fingerprint density at radius 1 is 1.25 bits per heavy atom. The number of carbonyl (C=O) groups is 1. The maximum atomic E-state index is 13.4. The van der Waals surface area contributed by atoms with Crippen molar-refractivity contribution < 1.29 is 9.32 Å². The molecule has 4 rings (SSSR count). The molecule has 0 radical (unpaired) electrons. The Balaban J connectivity index is 1.57. The van der Waals surface area contributed by atoms with E-state index in [0.29, 0.717) is 0 Å². The number of amides is 1. The quantitative estimate of drug-likeness (QED) is 0.650. The molecule has 0 saturated carbocycles. The largest absolute Gasteiger partial charge is 0.343 e. The Morgan fingerprint density at radius 3 is 2.71 bits per heavy atom. The fourth-order valence-corrected chi connectivity index (χ4v) is 4.24. The zero-order chi connectivity index (χ0) is 19.5. The van der Waals surface area contributed by atoms with Gasteiger partial charge in [0.1, 0.15) is 11.9 Å². The molecule has 2 aromatic heterocycles. The fraction of sp³-hybridized carbons (Fsp3) is 0.524. The Morgan fingerprint density at radius 2 is 2.04 bits per heavy atom. The number of rotatable bonds is 6. The van der Waals surface area contributed by atoms with Crippen LogP contribution < -0.4 is 0 Å². The average molecular weight is 381 g/mol. The van der Waals surface area contributed by atoms with Crippen LogP contribution in [-0.2, 0) is 11.2 Å². The second-order valence-corrected chi connectivity index (χ2v) is 7.45. The predicted molar refractivity (Wildman–Crippen MR) is 106 cm³/mol. The van der Waals surface area contributed by atoms with Gasteiger partial charge in [-0.05, 0) is 37.8 Å². The number of nitrogens with zero attached hydrogens (tertiary/aromatic N) is 5. The van der Waals surface area contributed by atoms with E-state index in [1.54, 1.807) is 0 Å². The van der Waals surface area contributed by atoms with Crippen LogP contribution in [0.2, 0.25) is 0 Å². The lowest BCUT2D eigenvalue weighted by molar-refractivity contribution is -0.136. The van der Waals surface area contributed by atoms with E-state index < -0.39 is 0 Å². The fourth-order valence-electron chi connectivity index (χ4n) is 4.24. The Labute approximate surface area is 164 Å². The Kier molecular flexibility index (Phi) is 5.41. The maximum absolute atomic E-state index is 13.4. The zero-order valence-electron chi connectivity index (χ0n) is 16.5. The lowest BCUT2D eigenvalue weighted by Gasteiger charge is -2.34. The summed E-state index contributed by atoms with van der Waals surface area (Å²) in [4.78, 5) is 24.4. The van der Waals surface area contributed by atoms with Crippen molar-refractivity contribution in [3.8, 4) is 0 Å². The number of aryl methyl sites for hydroxylation is 1. The van der Waals surface area contributed by atoms with Crippen LogP contribution in [0.3, 0.4) is 0 Å². The third-order valence-corrected chi connectivity index (χ3v) is 5.68. The summed E-state index contributed by atoms with van der Waals surface area (Å²) in [6.07, 6.45) is 5.74. The molecule has 1 aliphatic heterocycles. The molecule has 7 nitrogen and oxygen atoms in total. The maximum Gasteiger partial charge on any atom is 0.245 e. The van der Waals surface area contributed by atoms with Gasteiger partial charge in [-0.25, -0.2) is 4.98 Å². The van der Waals surface area contributed by atoms with Gasteiger partial charge >= 0.3 is 0 Å². The summed E-state index contributed by atoms with van der Waals surface area (Å²) in [6, 6.07) is 7.90. The first kappa shape index (κ1) is 18.7. The Bertz CT molecular complexity index is 926. The van der Waals surface area contributed by atoms with E-state index in [1.165, 1.54) is 6.39 Å². The molecule has 0 N–H and O–H groups in total. The SMILES string of the molecule is CCCc1nc2ccccc2n1C(CC)C(=O)N1CCC(c2ncon2)CC1. The molecule has 1 saturated heterocycles. The van der Waals surface area contributed by atoms with E-state index in [2.05, 4.69) is 34.6 Å². The lowest BCUT2D eigenvalue weighted by atomic mass is 9.95. The standard InChI is InChI=1S/C21H27N5O2/c1-3-7-19-23-16-8-5-6-9-18(16)26(19)17(4-2)21(27)25-12-10-15(11-13-25)20-22-14-28-24-20/h5-6,8-9,14-15,17H,3-4,7,10-13H2,1-2H3. The van der Waals surface area contributed by atoms with Gasteiger partial charge in [0.15, 0.2) is 5.82 Å². The zero-order valence-corrected chi connectivity index (χ0v) is 16.5. The first-order valence-electron chi connectivity index (χ1n) is 10.2. The first-order chi connectivity index (χ1) is 13.7. The number of likely N-dealkylation sites (tertiary alicyclic amines) is 1. The summed E-state index contributed by atoms with van der Waals surface area (Å²) in [6.45, 7) is 5.68. The summed E-state index contributed by atoms with van der Waals surface area (Å²) < 4.78 is 7.04. The van der Waals surface area contributed by atoms with Gasteiger partial charge < -0.3 is 14.0 Å². The number of hydrogen-bond donors (Lipinski definition) is 0. The van der Waals surface area contributed by atoms with Crippen LogP contribution in [-0.4, -0.2) is 43.6 Å². The third-order valence-electron chi connectivity index (χ3n) is 5.68. The van der Waals surface area contributed by atoms with E-state index in [1.807, 2.05) is 23.1 Å². The van der Waals surface area contributed by atoms with Crippen molar-refractivity contribution in [2.45, 2.75) is 57.9 Å². The van der Waals surface area contributed by atoms with Crippen molar-refractivity contribution in [1.29, 1.82) is 0 Å². The topological polar surface area (TPSA) is 77.0 Å². The molecule has 1 aromatic carbocycles. The molecule has 1 fully saturated rings. The lowest BCUT2D eigenvalue weighted by Crippen LogP contribution is -2.42. The van der Waals surface area contributed by atoms with Crippen LogP contribution in [0.5, 0.6) is 0 Å². The number of para-hydroxylation sites is 2. The molecule has 148 valence electrons. The van der Waals surface area contributed by atoms with E-state index in [9.17, 15) is 4.79 Å². The van der Waals surface area contributed by atoms with Gasteiger partial charge in [0.2, 0.25) is 12.3 Å². The van der Waals surface area contributed by atoms with Crippen LogP contribution >= 0.6 is 0 Å². The van der Waals surface area contributed by atoms with E-state index >= 15 is 0 Å². The summed E-state index contributed by atoms with van der Waals surface area (Å²) in [7, 11) is 0. The second-order valence-electron chi connectivity index (χ2n) is 7.45. The van der Waals surface area contributed by atoms with Gasteiger partial charge in [0.05, 0.1) is 11.0 Å². The van der Waals surface area contributed by atoms with Gasteiger partial charge in [-0.1, -0.05) is 31.1 Å². The highest BCUT2D eigenvalue weighted by Gasteiger charge is 2.31. The minimum Gasteiger partial charge on any atom is -0.343 e. The van der Waals surface area contributed by atoms with Gasteiger partial charge in [0.25, 0.3) is 0 Å². The number of carbonyl (C=O) groups excluding carboxylic acids is 1. The highest BCUT2D eigenvalue weighted by atomic mass is 16.5. The van der Waals surface area contributed by atoms with Crippen LogP contribution in [0.25, 0.3) is 11.0 Å². The summed E-state index contributed by atoms with van der Waals surface area (Å²) >= 11 is 0. The van der Waals surface area contributed by atoms with Crippen LogP contribution in [0.4, 0.5) is 0 Å². The number of imidazole rings is 1. The molecule has 7 heteroatoms. The Hall–Kier alpha value is -2.70. The molecule has 3 heterocycles. The highest BCUT2D eigenvalue weighted by molar-refractivity contribution is 5.84. The average Bonchev–Trinajstić information content (AvgIpc) is 3.38. The minimum atomic E-state index is -0.212.